The van der Waals surface area contributed by atoms with Gasteiger partial charge in [0.25, 0.3) is 5.91 Å². The fraction of sp³-hybridized carbons (Fsp3) is 0.333. The molecule has 0 saturated carbocycles. The van der Waals surface area contributed by atoms with E-state index < -0.39 is 5.97 Å². The first-order valence-corrected chi connectivity index (χ1v) is 29.3. The maximum Gasteiger partial charge on any atom is 0.352 e. The molecule has 10 heterocycles. The van der Waals surface area contributed by atoms with Crippen LogP contribution in [0.4, 0.5) is 11.4 Å². The molecule has 6 N–H and O–H groups in total. The van der Waals surface area contributed by atoms with E-state index in [0.29, 0.717) is 18.8 Å². The number of carboxylic acids is 1. The van der Waals surface area contributed by atoms with E-state index >= 15 is 0 Å². The van der Waals surface area contributed by atoms with Crippen molar-refractivity contribution in [2.24, 2.45) is 19.8 Å². The summed E-state index contributed by atoms with van der Waals surface area (Å²) in [5.74, 6) is -1.01. The molecule has 0 aliphatic carbocycles. The van der Waals surface area contributed by atoms with E-state index in [4.69, 9.17) is 15.7 Å². The van der Waals surface area contributed by atoms with Crippen molar-refractivity contribution in [3.05, 3.63) is 169 Å². The number of amides is 1. The lowest BCUT2D eigenvalue weighted by Crippen LogP contribution is -2.31. The van der Waals surface area contributed by atoms with Crippen LogP contribution in [0.25, 0.3) is 66.1 Å². The van der Waals surface area contributed by atoms with Gasteiger partial charge in [-0.3, -0.25) is 24.7 Å². The van der Waals surface area contributed by atoms with Crippen LogP contribution in [0.5, 0.6) is 0 Å². The van der Waals surface area contributed by atoms with Crippen LogP contribution in [-0.2, 0) is 26.9 Å². The lowest BCUT2D eigenvalue weighted by atomic mass is 10.1. The van der Waals surface area contributed by atoms with Crippen molar-refractivity contribution in [3.8, 4) is 22.5 Å². The molecule has 0 radical (unpaired) electrons. The van der Waals surface area contributed by atoms with E-state index in [-0.39, 0.29) is 11.6 Å². The molecule has 2 aliphatic rings. The van der Waals surface area contributed by atoms with Gasteiger partial charge in [0.1, 0.15) is 11.4 Å². The molecule has 83 heavy (non-hydrogen) atoms. The number of carboxylic acid groups (broad SMARTS) is 1. The van der Waals surface area contributed by atoms with Crippen molar-refractivity contribution in [3.63, 3.8) is 0 Å². The zero-order valence-corrected chi connectivity index (χ0v) is 47.8. The van der Waals surface area contributed by atoms with Crippen LogP contribution in [0.15, 0.2) is 147 Å². The average Bonchev–Trinajstić information content (AvgIpc) is 4.30. The highest BCUT2D eigenvalue weighted by molar-refractivity contribution is 6.01. The first kappa shape index (κ1) is 57.6. The molecule has 0 atom stereocenters. The number of likely N-dealkylation sites (tertiary alicyclic amines) is 2. The van der Waals surface area contributed by atoms with Crippen molar-refractivity contribution in [2.75, 3.05) is 76.1 Å². The minimum absolute atomic E-state index is 0.0772. The smallest absolute Gasteiger partial charge is 0.352 e. The average molecular weight is 1110 g/mol. The van der Waals surface area contributed by atoms with Crippen LogP contribution in [0.2, 0.25) is 0 Å². The number of hydrogen-bond acceptors (Lipinski definition) is 13. The number of nitrogens with two attached hydrogens (primary N) is 1. The SMILES string of the molecule is Cn1c(C(=O)NCCc2ccncc2)cc2cc(-c3cc(NCCCN4CCCCC4)c4cnccc4n3)ccc21.Cn1c(C(=O)O)cc2cc(-c3cc(NCCCN4CCCCC4)c4cnccc4n3)ccc21.NCCc1ccncc1. The molecule has 17 heteroatoms. The Morgan fingerprint density at radius 1 is 0.530 bits per heavy atom. The van der Waals surface area contributed by atoms with Gasteiger partial charge in [-0.15, -0.1) is 0 Å². The summed E-state index contributed by atoms with van der Waals surface area (Å²) in [4.78, 5) is 56.1. The summed E-state index contributed by atoms with van der Waals surface area (Å²) in [6.45, 7) is 10.2. The van der Waals surface area contributed by atoms with Crippen LogP contribution >= 0.6 is 0 Å². The number of fused-ring (bicyclic) bond motifs is 4. The van der Waals surface area contributed by atoms with Gasteiger partial charge in [-0.25, -0.2) is 14.8 Å². The largest absolute Gasteiger partial charge is 0.477 e. The minimum Gasteiger partial charge on any atom is -0.477 e. The van der Waals surface area contributed by atoms with E-state index in [1.54, 1.807) is 54.9 Å². The van der Waals surface area contributed by atoms with E-state index in [1.807, 2.05) is 84.7 Å². The van der Waals surface area contributed by atoms with Crippen molar-refractivity contribution in [2.45, 2.75) is 64.2 Å². The summed E-state index contributed by atoms with van der Waals surface area (Å²) >= 11 is 0. The van der Waals surface area contributed by atoms with Crippen LogP contribution in [-0.4, -0.2) is 131 Å². The highest BCUT2D eigenvalue weighted by atomic mass is 16.4. The Hall–Kier alpha value is -8.64. The predicted octanol–water partition coefficient (Wildman–Crippen LogP) is 10.8. The van der Waals surface area contributed by atoms with E-state index in [1.165, 1.54) is 70.3 Å². The quantitative estimate of drug-likeness (QED) is 0.0477. The van der Waals surface area contributed by atoms with Crippen molar-refractivity contribution < 1.29 is 14.7 Å². The molecule has 10 aromatic rings. The van der Waals surface area contributed by atoms with Gasteiger partial charge >= 0.3 is 5.97 Å². The molecule has 0 bridgehead atoms. The second-order valence-electron chi connectivity index (χ2n) is 21.5. The minimum atomic E-state index is -0.928. The molecule has 2 aromatic carbocycles. The number of nitrogens with one attached hydrogen (secondary N) is 3. The van der Waals surface area contributed by atoms with Gasteiger partial charge in [-0.2, -0.15) is 0 Å². The Balaban J connectivity index is 0.000000164. The topological polar surface area (TPSA) is 210 Å². The lowest BCUT2D eigenvalue weighted by molar-refractivity contribution is 0.0686. The van der Waals surface area contributed by atoms with Gasteiger partial charge in [0, 0.05) is 138 Å². The van der Waals surface area contributed by atoms with E-state index in [9.17, 15) is 14.7 Å². The van der Waals surface area contributed by atoms with Crippen molar-refractivity contribution in [1.82, 2.24) is 54.2 Å². The van der Waals surface area contributed by atoms with Crippen LogP contribution in [0.3, 0.4) is 0 Å². The number of pyridine rings is 6. The number of aromatic carboxylic acids is 1. The molecule has 1 amide bonds. The Labute approximate surface area is 485 Å². The number of hydrogen-bond donors (Lipinski definition) is 5. The highest BCUT2D eigenvalue weighted by Gasteiger charge is 2.18. The maximum atomic E-state index is 13.0. The molecule has 2 saturated heterocycles. The number of anilines is 2. The Morgan fingerprint density at radius 3 is 1.47 bits per heavy atom. The van der Waals surface area contributed by atoms with Crippen LogP contribution in [0.1, 0.15) is 83.5 Å². The zero-order valence-electron chi connectivity index (χ0n) is 47.8. The van der Waals surface area contributed by atoms with Gasteiger partial charge in [-0.1, -0.05) is 25.0 Å². The molecule has 2 fully saturated rings. The summed E-state index contributed by atoms with van der Waals surface area (Å²) in [6, 6.07) is 31.9. The summed E-state index contributed by atoms with van der Waals surface area (Å²) in [6.07, 6.45) is 26.3. The fourth-order valence-corrected chi connectivity index (χ4v) is 11.3. The molecule has 12 rings (SSSR count). The third-order valence-corrected chi connectivity index (χ3v) is 15.8. The molecule has 0 unspecified atom stereocenters. The van der Waals surface area contributed by atoms with E-state index in [0.717, 1.165) is 135 Å². The second kappa shape index (κ2) is 28.4. The van der Waals surface area contributed by atoms with Gasteiger partial charge in [0.15, 0.2) is 0 Å². The number of carbonyl (C=O) groups excluding carboxylic acids is 1. The van der Waals surface area contributed by atoms with Gasteiger partial charge in [0.2, 0.25) is 0 Å². The van der Waals surface area contributed by atoms with E-state index in [2.05, 4.69) is 76.0 Å². The first-order chi connectivity index (χ1) is 40.7. The van der Waals surface area contributed by atoms with Crippen molar-refractivity contribution >= 4 is 66.9 Å². The number of rotatable bonds is 19. The Bertz CT molecular complexity index is 3760. The third-order valence-electron chi connectivity index (χ3n) is 15.8. The van der Waals surface area contributed by atoms with Crippen molar-refractivity contribution in [1.29, 1.82) is 0 Å². The molecular weight excluding hydrogens is 1040 g/mol. The van der Waals surface area contributed by atoms with Crippen LogP contribution < -0.4 is 21.7 Å². The van der Waals surface area contributed by atoms with Gasteiger partial charge < -0.3 is 45.7 Å². The highest BCUT2D eigenvalue weighted by Crippen LogP contribution is 2.33. The van der Waals surface area contributed by atoms with Gasteiger partial charge in [0.05, 0.1) is 22.4 Å². The normalized spacial score (nSPS) is 13.8. The molecule has 8 aromatic heterocycles. The summed E-state index contributed by atoms with van der Waals surface area (Å²) < 4.78 is 3.66. The second-order valence-corrected chi connectivity index (χ2v) is 21.5. The first-order valence-electron chi connectivity index (χ1n) is 29.3. The lowest BCUT2D eigenvalue weighted by Gasteiger charge is -2.26. The molecule has 2 aliphatic heterocycles. The molecular formula is C66H76N14O3. The third kappa shape index (κ3) is 14.9. The number of carbonyl (C=O) groups is 2. The maximum absolute atomic E-state index is 13.0. The summed E-state index contributed by atoms with van der Waals surface area (Å²) in [5, 5.41) is 23.7. The van der Waals surface area contributed by atoms with Gasteiger partial charge in [-0.05, 0) is 193 Å². The molecule has 17 nitrogen and oxygen atoms in total. The molecule has 0 spiro atoms. The zero-order chi connectivity index (χ0) is 57.3. The fourth-order valence-electron chi connectivity index (χ4n) is 11.3. The standard InChI is InChI=1S/C33H37N7O.C26H29N5O2.C7H10N2/c1-39-31-7-6-25(20-26(31)21-32(39)33(41)37-16-10-24-8-13-34-14-9-24)29-22-30(27-23-35-15-11-28(27)38-29)36-12-5-19-40-17-3-2-4-18-40;1-30-24-7-6-18(14-19(24)15-25(30)26(32)33)22-16-23(20-17-27-10-8-21(20)29-22)28-9-5-13-31-11-3-2-4-12-31;8-4-1-7-2-5-9-6-3-7/h6-9,11,13-15,20-23H,2-5,10,12,16-19H2,1H3,(H,36,38)(H,37,41);6-8,10,14-17H,2-5,9,11-13H2,1H3,(H,28,29)(H,32,33);2-3,5-6H,1,4,8H2. The molecule has 428 valence electrons. The number of benzene rings is 2. The number of piperidine rings is 2. The number of nitrogens with zero attached hydrogens (tertiary/aromatic N) is 10. The summed E-state index contributed by atoms with van der Waals surface area (Å²) in [7, 11) is 3.71. The summed E-state index contributed by atoms with van der Waals surface area (Å²) in [5.41, 5.74) is 18.2. The Kier molecular flexibility index (Phi) is 19.7. The monoisotopic (exact) mass is 1110 g/mol. The Morgan fingerprint density at radius 2 is 0.988 bits per heavy atom. The van der Waals surface area contributed by atoms with Crippen LogP contribution in [0, 0.1) is 0 Å². The number of aromatic nitrogens is 8. The number of aryl methyl sites for hydroxylation is 2. The predicted molar refractivity (Wildman–Crippen MR) is 334 cm³/mol.